The van der Waals surface area contributed by atoms with E-state index in [1.807, 2.05) is 24.3 Å². The minimum Gasteiger partial charge on any atom is -0.497 e. The minimum absolute atomic E-state index is 0.0751. The second-order valence-electron chi connectivity index (χ2n) is 5.34. The van der Waals surface area contributed by atoms with Crippen LogP contribution in [0.25, 0.3) is 0 Å². The molecule has 0 aromatic heterocycles. The van der Waals surface area contributed by atoms with Crippen molar-refractivity contribution in [2.24, 2.45) is 0 Å². The van der Waals surface area contributed by atoms with Gasteiger partial charge in [-0.3, -0.25) is 0 Å². The number of ether oxygens (including phenoxy) is 2. The van der Waals surface area contributed by atoms with E-state index in [4.69, 9.17) is 9.47 Å². The number of benzene rings is 1. The molecule has 1 aliphatic heterocycles. The Morgan fingerprint density at radius 2 is 1.95 bits per heavy atom. The second-order valence-corrected chi connectivity index (χ2v) is 5.34. The molecule has 2 rings (SSSR count). The lowest BCUT2D eigenvalue weighted by Crippen LogP contribution is -2.48. The number of hydrogen-bond acceptors (Lipinski definition) is 4. The molecule has 1 fully saturated rings. The van der Waals surface area contributed by atoms with Crippen LogP contribution in [0.1, 0.15) is 31.4 Å². The zero-order valence-electron chi connectivity index (χ0n) is 11.7. The van der Waals surface area contributed by atoms with E-state index in [1.165, 1.54) is 0 Å². The van der Waals surface area contributed by atoms with Gasteiger partial charge < -0.3 is 19.9 Å². The summed E-state index contributed by atoms with van der Waals surface area (Å²) >= 11 is 0. The Labute approximate surface area is 114 Å². The lowest BCUT2D eigenvalue weighted by molar-refractivity contribution is 0.0388. The molecule has 1 atom stereocenters. The Kier molecular flexibility index (Phi) is 4.80. The molecule has 0 amide bonds. The molecule has 2 N–H and O–H groups in total. The van der Waals surface area contributed by atoms with Crippen LogP contribution in [0.4, 0.5) is 0 Å². The zero-order chi connectivity index (χ0) is 13.7. The Morgan fingerprint density at radius 3 is 2.53 bits per heavy atom. The summed E-state index contributed by atoms with van der Waals surface area (Å²) in [7, 11) is 1.64. The van der Waals surface area contributed by atoms with Crippen molar-refractivity contribution < 1.29 is 14.6 Å². The van der Waals surface area contributed by atoms with Gasteiger partial charge in [0.2, 0.25) is 0 Å². The van der Waals surface area contributed by atoms with E-state index in [2.05, 4.69) is 12.2 Å². The van der Waals surface area contributed by atoms with Crippen molar-refractivity contribution in [3.8, 4) is 5.75 Å². The Balaban J connectivity index is 1.87. The molecule has 4 nitrogen and oxygen atoms in total. The fourth-order valence-corrected chi connectivity index (χ4v) is 2.29. The van der Waals surface area contributed by atoms with E-state index < -0.39 is 6.10 Å². The van der Waals surface area contributed by atoms with Crippen molar-refractivity contribution in [1.82, 2.24) is 5.32 Å². The second kappa shape index (κ2) is 6.37. The first-order valence-corrected chi connectivity index (χ1v) is 6.78. The number of hydrogen-bond donors (Lipinski definition) is 2. The number of rotatable bonds is 5. The molecular weight excluding hydrogens is 242 g/mol. The number of aliphatic hydroxyl groups excluding tert-OH is 1. The molecule has 1 heterocycles. The van der Waals surface area contributed by atoms with Gasteiger partial charge in [0.05, 0.1) is 13.2 Å². The Morgan fingerprint density at radius 1 is 1.32 bits per heavy atom. The summed E-state index contributed by atoms with van der Waals surface area (Å²) in [5.74, 6) is 0.806. The molecule has 19 heavy (non-hydrogen) atoms. The van der Waals surface area contributed by atoms with Gasteiger partial charge in [0, 0.05) is 25.3 Å². The van der Waals surface area contributed by atoms with Gasteiger partial charge in [-0.2, -0.15) is 0 Å². The van der Waals surface area contributed by atoms with E-state index in [9.17, 15) is 5.11 Å². The van der Waals surface area contributed by atoms with Crippen LogP contribution in [0.15, 0.2) is 24.3 Å². The van der Waals surface area contributed by atoms with Gasteiger partial charge in [0.25, 0.3) is 0 Å². The largest absolute Gasteiger partial charge is 0.497 e. The van der Waals surface area contributed by atoms with Gasteiger partial charge in [-0.25, -0.2) is 0 Å². The van der Waals surface area contributed by atoms with E-state index in [0.29, 0.717) is 6.54 Å². The molecule has 1 unspecified atom stereocenters. The average molecular weight is 265 g/mol. The van der Waals surface area contributed by atoms with Crippen LogP contribution >= 0.6 is 0 Å². The zero-order valence-corrected chi connectivity index (χ0v) is 11.7. The molecular formula is C15H23NO3. The highest BCUT2D eigenvalue weighted by Gasteiger charge is 2.27. The molecule has 1 aromatic carbocycles. The van der Waals surface area contributed by atoms with Crippen LogP contribution in [0.2, 0.25) is 0 Å². The summed E-state index contributed by atoms with van der Waals surface area (Å²) in [6, 6.07) is 7.54. The van der Waals surface area contributed by atoms with Crippen molar-refractivity contribution in [2.45, 2.75) is 31.4 Å². The van der Waals surface area contributed by atoms with Crippen LogP contribution in [-0.4, -0.2) is 37.5 Å². The third-order valence-corrected chi connectivity index (χ3v) is 3.82. The van der Waals surface area contributed by atoms with Crippen molar-refractivity contribution >= 4 is 0 Å². The summed E-state index contributed by atoms with van der Waals surface area (Å²) in [4.78, 5) is 0. The first kappa shape index (κ1) is 14.3. The molecule has 0 aliphatic carbocycles. The Bertz CT molecular complexity index is 385. The normalized spacial score (nSPS) is 19.9. The average Bonchev–Trinajstić information content (AvgIpc) is 2.46. The maximum atomic E-state index is 10.2. The van der Waals surface area contributed by atoms with Gasteiger partial charge >= 0.3 is 0 Å². The number of aliphatic hydroxyl groups is 1. The van der Waals surface area contributed by atoms with Gasteiger partial charge in [0.1, 0.15) is 5.75 Å². The first-order chi connectivity index (χ1) is 9.13. The van der Waals surface area contributed by atoms with Gasteiger partial charge in [-0.05, 0) is 37.5 Å². The van der Waals surface area contributed by atoms with Crippen LogP contribution < -0.4 is 10.1 Å². The molecule has 1 saturated heterocycles. The molecule has 0 bridgehead atoms. The van der Waals surface area contributed by atoms with E-state index >= 15 is 0 Å². The third kappa shape index (κ3) is 3.93. The van der Waals surface area contributed by atoms with Crippen molar-refractivity contribution in [3.63, 3.8) is 0 Å². The standard InChI is InChI=1S/C15H23NO3/c1-15(7-9-19-10-8-15)16-11-14(17)12-3-5-13(18-2)6-4-12/h3-6,14,16-17H,7-11H2,1-2H3. The summed E-state index contributed by atoms with van der Waals surface area (Å²) in [5, 5.41) is 13.7. The van der Waals surface area contributed by atoms with Crippen LogP contribution in [-0.2, 0) is 4.74 Å². The molecule has 1 aromatic rings. The highest BCUT2D eigenvalue weighted by molar-refractivity contribution is 5.28. The van der Waals surface area contributed by atoms with E-state index in [0.717, 1.165) is 37.4 Å². The molecule has 0 spiro atoms. The molecule has 0 radical (unpaired) electrons. The van der Waals surface area contributed by atoms with E-state index in [1.54, 1.807) is 7.11 Å². The predicted octanol–water partition coefficient (Wildman–Crippen LogP) is 1.89. The van der Waals surface area contributed by atoms with Gasteiger partial charge in [-0.15, -0.1) is 0 Å². The number of β-amino-alcohol motifs (C(OH)–C–C–N with tert-alkyl or cyclic N) is 1. The smallest absolute Gasteiger partial charge is 0.118 e. The monoisotopic (exact) mass is 265 g/mol. The topological polar surface area (TPSA) is 50.7 Å². The van der Waals surface area contributed by atoms with Gasteiger partial charge in [-0.1, -0.05) is 12.1 Å². The maximum absolute atomic E-state index is 10.2. The summed E-state index contributed by atoms with van der Waals surface area (Å²) < 4.78 is 10.5. The lowest BCUT2D eigenvalue weighted by atomic mass is 9.92. The summed E-state index contributed by atoms with van der Waals surface area (Å²) in [6.07, 6.45) is 1.48. The van der Waals surface area contributed by atoms with Crippen LogP contribution in [0.3, 0.4) is 0 Å². The maximum Gasteiger partial charge on any atom is 0.118 e. The predicted molar refractivity (Wildman–Crippen MR) is 74.4 cm³/mol. The summed E-state index contributed by atoms with van der Waals surface area (Å²) in [6.45, 7) is 4.34. The molecule has 4 heteroatoms. The number of nitrogens with one attached hydrogen (secondary N) is 1. The molecule has 0 saturated carbocycles. The third-order valence-electron chi connectivity index (χ3n) is 3.82. The highest BCUT2D eigenvalue weighted by atomic mass is 16.5. The highest BCUT2D eigenvalue weighted by Crippen LogP contribution is 2.22. The number of methoxy groups -OCH3 is 1. The quantitative estimate of drug-likeness (QED) is 0.853. The van der Waals surface area contributed by atoms with Crippen LogP contribution in [0, 0.1) is 0 Å². The minimum atomic E-state index is -0.495. The van der Waals surface area contributed by atoms with Crippen molar-refractivity contribution in [1.29, 1.82) is 0 Å². The van der Waals surface area contributed by atoms with Gasteiger partial charge in [0.15, 0.2) is 0 Å². The fraction of sp³-hybridized carbons (Fsp3) is 0.600. The lowest BCUT2D eigenvalue weighted by Gasteiger charge is -2.35. The van der Waals surface area contributed by atoms with E-state index in [-0.39, 0.29) is 5.54 Å². The Hall–Kier alpha value is -1.10. The first-order valence-electron chi connectivity index (χ1n) is 6.78. The van der Waals surface area contributed by atoms with Crippen molar-refractivity contribution in [3.05, 3.63) is 29.8 Å². The molecule has 106 valence electrons. The fourth-order valence-electron chi connectivity index (χ4n) is 2.29. The van der Waals surface area contributed by atoms with Crippen molar-refractivity contribution in [2.75, 3.05) is 26.9 Å². The molecule has 1 aliphatic rings. The summed E-state index contributed by atoms with van der Waals surface area (Å²) in [5.41, 5.74) is 0.982. The SMILES string of the molecule is COc1ccc(C(O)CNC2(C)CCOCC2)cc1. The van der Waals surface area contributed by atoms with Crippen LogP contribution in [0.5, 0.6) is 5.75 Å².